The largest absolute Gasteiger partial charge is 0.469 e. The molecule has 0 amide bonds. The quantitative estimate of drug-likeness (QED) is 0.112. The van der Waals surface area contributed by atoms with E-state index in [4.69, 9.17) is 4.74 Å². The van der Waals surface area contributed by atoms with E-state index in [1.54, 1.807) is 18.2 Å². The molecule has 1 aliphatic carbocycles. The van der Waals surface area contributed by atoms with Gasteiger partial charge in [-0.1, -0.05) is 50.1 Å². The molecular formula is C23H31IO5. The second kappa shape index (κ2) is 13.5. The molecule has 0 fully saturated rings. The van der Waals surface area contributed by atoms with Crippen LogP contribution in [0.3, 0.4) is 0 Å². The molecular weight excluding hydrogens is 483 g/mol. The van der Waals surface area contributed by atoms with Crippen molar-refractivity contribution in [2.75, 3.05) is 7.11 Å². The number of allylic oxidation sites excluding steroid dienone is 5. The summed E-state index contributed by atoms with van der Waals surface area (Å²) in [6, 6.07) is 0. The lowest BCUT2D eigenvalue weighted by Crippen LogP contribution is -2.33. The van der Waals surface area contributed by atoms with Gasteiger partial charge in [-0.05, 0) is 54.4 Å². The standard InChI is InChI=1S/C23H31IO5/c1-4-5-6-7-10-13-16-23(29-18(2)25)17-20(24)22(27)19(23)14-11-8-9-12-15-21(26)28-3/h8,10-11,13-14,17H,4-7,9,12,15-16H2,1-3H3/b11-8+,13-10-,19-14?/t23-/m1/s1. The highest BCUT2D eigenvalue weighted by Crippen LogP contribution is 2.40. The third-order valence-electron chi connectivity index (χ3n) is 4.54. The van der Waals surface area contributed by atoms with Gasteiger partial charge >= 0.3 is 11.9 Å². The zero-order valence-corrected chi connectivity index (χ0v) is 19.7. The molecule has 160 valence electrons. The van der Waals surface area contributed by atoms with Crippen LogP contribution in [0.1, 0.15) is 65.2 Å². The van der Waals surface area contributed by atoms with Crippen LogP contribution < -0.4 is 0 Å². The molecule has 0 saturated heterocycles. The smallest absolute Gasteiger partial charge is 0.305 e. The molecule has 0 radical (unpaired) electrons. The van der Waals surface area contributed by atoms with Crippen LogP contribution in [0.25, 0.3) is 0 Å². The number of rotatable bonds is 12. The van der Waals surface area contributed by atoms with Crippen LogP contribution in [0.15, 0.2) is 45.6 Å². The summed E-state index contributed by atoms with van der Waals surface area (Å²) in [5, 5.41) is 0. The van der Waals surface area contributed by atoms with Gasteiger partial charge in [-0.2, -0.15) is 0 Å². The maximum atomic E-state index is 12.7. The van der Waals surface area contributed by atoms with Gasteiger partial charge in [0.2, 0.25) is 0 Å². The average molecular weight is 514 g/mol. The number of esters is 2. The molecule has 0 saturated carbocycles. The van der Waals surface area contributed by atoms with E-state index in [1.807, 2.05) is 34.7 Å². The second-order valence-corrected chi connectivity index (χ2v) is 8.11. The maximum absolute atomic E-state index is 12.7. The Morgan fingerprint density at radius 1 is 1.14 bits per heavy atom. The number of Topliss-reactive ketones (excluding diaryl/α,β-unsaturated/α-hetero) is 1. The van der Waals surface area contributed by atoms with E-state index in [9.17, 15) is 14.4 Å². The monoisotopic (exact) mass is 514 g/mol. The van der Waals surface area contributed by atoms with Crippen molar-refractivity contribution in [3.63, 3.8) is 0 Å². The van der Waals surface area contributed by atoms with Crippen molar-refractivity contribution in [2.24, 2.45) is 0 Å². The van der Waals surface area contributed by atoms with Gasteiger partial charge in [-0.3, -0.25) is 14.4 Å². The first-order valence-electron chi connectivity index (χ1n) is 10.1. The summed E-state index contributed by atoms with van der Waals surface area (Å²) < 4.78 is 10.8. The number of ketones is 1. The van der Waals surface area contributed by atoms with Crippen molar-refractivity contribution in [2.45, 2.75) is 70.8 Å². The van der Waals surface area contributed by atoms with Crippen molar-refractivity contribution in [1.82, 2.24) is 0 Å². The van der Waals surface area contributed by atoms with Gasteiger partial charge in [0.15, 0.2) is 11.4 Å². The molecule has 29 heavy (non-hydrogen) atoms. The van der Waals surface area contributed by atoms with E-state index >= 15 is 0 Å². The Bertz CT molecular complexity index is 702. The van der Waals surface area contributed by atoms with E-state index in [-0.39, 0.29) is 11.8 Å². The third-order valence-corrected chi connectivity index (χ3v) is 5.34. The van der Waals surface area contributed by atoms with Crippen LogP contribution in [0.5, 0.6) is 0 Å². The molecule has 0 N–H and O–H groups in total. The topological polar surface area (TPSA) is 69.7 Å². The van der Waals surface area contributed by atoms with Gasteiger partial charge in [0.25, 0.3) is 0 Å². The number of hydrogen-bond acceptors (Lipinski definition) is 5. The van der Waals surface area contributed by atoms with Gasteiger partial charge in [-0.15, -0.1) is 0 Å². The average Bonchev–Trinajstić information content (AvgIpc) is 2.90. The molecule has 1 rings (SSSR count). The van der Waals surface area contributed by atoms with Crippen LogP contribution in [-0.2, 0) is 23.9 Å². The second-order valence-electron chi connectivity index (χ2n) is 6.95. The molecule has 1 aliphatic rings. The summed E-state index contributed by atoms with van der Waals surface area (Å²) in [5.41, 5.74) is -0.601. The van der Waals surface area contributed by atoms with Gasteiger partial charge in [0, 0.05) is 25.3 Å². The Labute approximate surface area is 187 Å². The van der Waals surface area contributed by atoms with E-state index < -0.39 is 11.6 Å². The van der Waals surface area contributed by atoms with Gasteiger partial charge in [0.1, 0.15) is 0 Å². The summed E-state index contributed by atoms with van der Waals surface area (Å²) in [7, 11) is 1.37. The van der Waals surface area contributed by atoms with E-state index in [0.717, 1.165) is 12.8 Å². The fraction of sp³-hybridized carbons (Fsp3) is 0.522. The SMILES string of the molecule is CCCCC/C=C\C[C@@]1(OC(C)=O)C=C(I)C(=O)C1=C/C=C/CCCC(=O)OC. The molecule has 0 unspecified atom stereocenters. The molecule has 0 aromatic carbocycles. The van der Waals surface area contributed by atoms with Crippen LogP contribution >= 0.6 is 22.6 Å². The van der Waals surface area contributed by atoms with Crippen molar-refractivity contribution in [3.05, 3.63) is 45.6 Å². The molecule has 0 spiro atoms. The van der Waals surface area contributed by atoms with Crippen molar-refractivity contribution in [3.8, 4) is 0 Å². The van der Waals surface area contributed by atoms with Gasteiger partial charge < -0.3 is 9.47 Å². The lowest BCUT2D eigenvalue weighted by atomic mass is 9.91. The Kier molecular flexibility index (Phi) is 11.8. The molecule has 0 aromatic heterocycles. The summed E-state index contributed by atoms with van der Waals surface area (Å²) in [6.45, 7) is 3.52. The normalized spacial score (nSPS) is 20.6. The number of methoxy groups -OCH3 is 1. The molecule has 0 aliphatic heterocycles. The molecule has 5 nitrogen and oxygen atoms in total. The fourth-order valence-electron chi connectivity index (χ4n) is 3.05. The maximum Gasteiger partial charge on any atom is 0.305 e. The number of carbonyl (C=O) groups is 3. The minimum atomic E-state index is -1.06. The van der Waals surface area contributed by atoms with Crippen LogP contribution in [0.2, 0.25) is 0 Å². The number of halogens is 1. The predicted octanol–water partition coefficient (Wildman–Crippen LogP) is 5.54. The zero-order chi connectivity index (χ0) is 21.7. The Hall–Kier alpha value is -1.70. The van der Waals surface area contributed by atoms with Crippen LogP contribution in [-0.4, -0.2) is 30.4 Å². The van der Waals surface area contributed by atoms with Crippen LogP contribution in [0, 0.1) is 0 Å². The van der Waals surface area contributed by atoms with E-state index in [1.165, 1.54) is 26.9 Å². The number of carbonyl (C=O) groups excluding carboxylic acids is 3. The predicted molar refractivity (Wildman–Crippen MR) is 123 cm³/mol. The Morgan fingerprint density at radius 3 is 2.52 bits per heavy atom. The number of ether oxygens (including phenoxy) is 2. The van der Waals surface area contributed by atoms with Crippen molar-refractivity contribution < 1.29 is 23.9 Å². The van der Waals surface area contributed by atoms with Gasteiger partial charge in [0.05, 0.1) is 10.7 Å². The first-order chi connectivity index (χ1) is 13.9. The van der Waals surface area contributed by atoms with Crippen molar-refractivity contribution in [1.29, 1.82) is 0 Å². The third kappa shape index (κ3) is 8.68. The lowest BCUT2D eigenvalue weighted by molar-refractivity contribution is -0.149. The highest BCUT2D eigenvalue weighted by molar-refractivity contribution is 14.1. The Morgan fingerprint density at radius 2 is 1.86 bits per heavy atom. The highest BCUT2D eigenvalue weighted by atomic mass is 127. The minimum absolute atomic E-state index is 0.120. The summed E-state index contributed by atoms with van der Waals surface area (Å²) in [4.78, 5) is 35.6. The van der Waals surface area contributed by atoms with Crippen LogP contribution in [0.4, 0.5) is 0 Å². The molecule has 0 bridgehead atoms. The lowest BCUT2D eigenvalue weighted by Gasteiger charge is -2.27. The highest BCUT2D eigenvalue weighted by Gasteiger charge is 2.44. The summed E-state index contributed by atoms with van der Waals surface area (Å²) >= 11 is 1.99. The number of hydrogen-bond donors (Lipinski definition) is 0. The summed E-state index contributed by atoms with van der Waals surface area (Å²) in [6.07, 6.45) is 17.8. The molecule has 1 atom stereocenters. The fourth-order valence-corrected chi connectivity index (χ4v) is 3.85. The van der Waals surface area contributed by atoms with E-state index in [0.29, 0.717) is 34.8 Å². The molecule has 0 aromatic rings. The molecule has 0 heterocycles. The van der Waals surface area contributed by atoms with E-state index in [2.05, 4.69) is 17.7 Å². The zero-order valence-electron chi connectivity index (χ0n) is 17.5. The number of unbranched alkanes of at least 4 members (excludes halogenated alkanes) is 4. The van der Waals surface area contributed by atoms with Gasteiger partial charge in [-0.25, -0.2) is 0 Å². The minimum Gasteiger partial charge on any atom is -0.469 e. The summed E-state index contributed by atoms with van der Waals surface area (Å²) in [5.74, 6) is -0.779. The van der Waals surface area contributed by atoms with Crippen molar-refractivity contribution >= 4 is 40.3 Å². The first kappa shape index (κ1) is 25.3. The molecule has 6 heteroatoms. The first-order valence-corrected chi connectivity index (χ1v) is 11.2. The Balaban J connectivity index is 2.90.